The highest BCUT2D eigenvalue weighted by Gasteiger charge is 2.07. The minimum Gasteiger partial charge on any atom is -0.496 e. The molecule has 19 heavy (non-hydrogen) atoms. The highest BCUT2D eigenvalue weighted by atomic mass is 16.5. The molecule has 0 spiro atoms. The third kappa shape index (κ3) is 2.93. The molecule has 0 aliphatic rings. The van der Waals surface area contributed by atoms with Crippen molar-refractivity contribution in [3.63, 3.8) is 0 Å². The van der Waals surface area contributed by atoms with Crippen molar-refractivity contribution < 1.29 is 14.6 Å². The number of carboxylic acids is 1. The van der Waals surface area contributed by atoms with Gasteiger partial charge < -0.3 is 9.84 Å². The number of hydrogen-bond donors (Lipinski definition) is 1. The first kappa shape index (κ1) is 13.1. The number of rotatable bonds is 5. The Morgan fingerprint density at radius 3 is 2.84 bits per heavy atom. The van der Waals surface area contributed by atoms with Gasteiger partial charge in [0.2, 0.25) is 0 Å². The lowest BCUT2D eigenvalue weighted by Gasteiger charge is -2.09. The Kier molecular flexibility index (Phi) is 3.85. The monoisotopic (exact) mass is 260 g/mol. The lowest BCUT2D eigenvalue weighted by atomic mass is 10.1. The van der Waals surface area contributed by atoms with Crippen LogP contribution in [-0.4, -0.2) is 28.0 Å². The average Bonchev–Trinajstić information content (AvgIpc) is 2.85. The summed E-state index contributed by atoms with van der Waals surface area (Å²) in [4.78, 5) is 10.6. The van der Waals surface area contributed by atoms with E-state index in [1.54, 1.807) is 24.1 Å². The Labute approximate surface area is 111 Å². The first-order valence-corrected chi connectivity index (χ1v) is 6.07. The zero-order chi connectivity index (χ0) is 13.8. The van der Waals surface area contributed by atoms with E-state index < -0.39 is 5.97 Å². The van der Waals surface area contributed by atoms with Crippen LogP contribution < -0.4 is 4.74 Å². The summed E-state index contributed by atoms with van der Waals surface area (Å²) >= 11 is 0. The van der Waals surface area contributed by atoms with Gasteiger partial charge in [0.15, 0.2) is 0 Å². The molecular weight excluding hydrogens is 244 g/mol. The Hall–Kier alpha value is -2.30. The van der Waals surface area contributed by atoms with E-state index in [0.717, 1.165) is 23.4 Å². The van der Waals surface area contributed by atoms with Gasteiger partial charge >= 0.3 is 5.97 Å². The van der Waals surface area contributed by atoms with Gasteiger partial charge in [-0.1, -0.05) is 6.92 Å². The van der Waals surface area contributed by atoms with Crippen molar-refractivity contribution in [1.82, 2.24) is 9.78 Å². The number of aromatic nitrogens is 2. The molecule has 0 radical (unpaired) electrons. The van der Waals surface area contributed by atoms with Crippen molar-refractivity contribution in [3.05, 3.63) is 41.7 Å². The van der Waals surface area contributed by atoms with Gasteiger partial charge in [-0.15, -0.1) is 0 Å². The van der Waals surface area contributed by atoms with E-state index >= 15 is 0 Å². The van der Waals surface area contributed by atoms with Crippen LogP contribution in [0.4, 0.5) is 0 Å². The summed E-state index contributed by atoms with van der Waals surface area (Å²) in [5.74, 6) is -0.0293. The van der Waals surface area contributed by atoms with Gasteiger partial charge in [-0.3, -0.25) is 4.79 Å². The van der Waals surface area contributed by atoms with Crippen LogP contribution in [0.25, 0.3) is 5.69 Å². The SMILES string of the molecule is CCc1cc(-n2ccc(CC(=O)O)n2)ccc1OC. The smallest absolute Gasteiger partial charge is 0.309 e. The highest BCUT2D eigenvalue weighted by molar-refractivity contribution is 5.69. The zero-order valence-electron chi connectivity index (χ0n) is 11.0. The maximum atomic E-state index is 10.6. The predicted octanol–water partition coefficient (Wildman–Crippen LogP) is 2.07. The third-order valence-corrected chi connectivity index (χ3v) is 2.89. The van der Waals surface area contributed by atoms with E-state index in [1.807, 2.05) is 18.2 Å². The van der Waals surface area contributed by atoms with Gasteiger partial charge in [0.1, 0.15) is 5.75 Å². The number of aryl methyl sites for hydroxylation is 1. The lowest BCUT2D eigenvalue weighted by Crippen LogP contribution is -2.03. The molecule has 1 N–H and O–H groups in total. The number of carbonyl (C=O) groups is 1. The summed E-state index contributed by atoms with van der Waals surface area (Å²) in [6.07, 6.45) is 2.56. The van der Waals surface area contributed by atoms with Crippen molar-refractivity contribution in [1.29, 1.82) is 0 Å². The van der Waals surface area contributed by atoms with Crippen LogP contribution in [0.2, 0.25) is 0 Å². The molecule has 0 unspecified atom stereocenters. The molecule has 2 rings (SSSR count). The molecule has 1 aromatic heterocycles. The molecule has 5 nitrogen and oxygen atoms in total. The number of hydrogen-bond acceptors (Lipinski definition) is 3. The van der Waals surface area contributed by atoms with Gasteiger partial charge in [-0.2, -0.15) is 5.10 Å². The normalized spacial score (nSPS) is 10.4. The van der Waals surface area contributed by atoms with Crippen molar-refractivity contribution >= 4 is 5.97 Å². The largest absolute Gasteiger partial charge is 0.496 e. The molecule has 0 saturated carbocycles. The number of benzene rings is 1. The van der Waals surface area contributed by atoms with Crippen molar-refractivity contribution in [2.45, 2.75) is 19.8 Å². The second-order valence-corrected chi connectivity index (χ2v) is 4.17. The van der Waals surface area contributed by atoms with Crippen LogP contribution in [0.3, 0.4) is 0 Å². The van der Waals surface area contributed by atoms with E-state index in [-0.39, 0.29) is 6.42 Å². The highest BCUT2D eigenvalue weighted by Crippen LogP contribution is 2.22. The number of ether oxygens (including phenoxy) is 1. The molecule has 0 saturated heterocycles. The maximum absolute atomic E-state index is 10.6. The fourth-order valence-electron chi connectivity index (χ4n) is 1.94. The molecule has 1 heterocycles. The Morgan fingerprint density at radius 1 is 1.42 bits per heavy atom. The van der Waals surface area contributed by atoms with Crippen LogP contribution in [0.5, 0.6) is 5.75 Å². The minimum absolute atomic E-state index is 0.0657. The minimum atomic E-state index is -0.880. The second-order valence-electron chi connectivity index (χ2n) is 4.17. The van der Waals surface area contributed by atoms with Gasteiger partial charge in [0, 0.05) is 6.20 Å². The lowest BCUT2D eigenvalue weighted by molar-refractivity contribution is -0.136. The van der Waals surface area contributed by atoms with E-state index in [2.05, 4.69) is 12.0 Å². The molecule has 0 amide bonds. The van der Waals surface area contributed by atoms with E-state index in [1.165, 1.54) is 0 Å². The predicted molar refractivity (Wildman–Crippen MR) is 70.8 cm³/mol. The van der Waals surface area contributed by atoms with Crippen molar-refractivity contribution in [2.75, 3.05) is 7.11 Å². The van der Waals surface area contributed by atoms with Gasteiger partial charge in [0.05, 0.1) is 24.9 Å². The number of carboxylic acid groups (broad SMARTS) is 1. The van der Waals surface area contributed by atoms with Crippen LogP contribution in [-0.2, 0) is 17.6 Å². The molecular formula is C14H16N2O3. The molecule has 0 atom stereocenters. The Balaban J connectivity index is 2.31. The molecule has 5 heteroatoms. The zero-order valence-corrected chi connectivity index (χ0v) is 11.0. The van der Waals surface area contributed by atoms with Crippen LogP contribution >= 0.6 is 0 Å². The standard InChI is InChI=1S/C14H16N2O3/c1-3-10-8-12(4-5-13(10)19-2)16-7-6-11(15-16)9-14(17)18/h4-8H,3,9H2,1-2H3,(H,17,18). The van der Waals surface area contributed by atoms with E-state index in [4.69, 9.17) is 9.84 Å². The number of nitrogens with zero attached hydrogens (tertiary/aromatic N) is 2. The average molecular weight is 260 g/mol. The molecule has 0 aliphatic carbocycles. The molecule has 0 aliphatic heterocycles. The fourth-order valence-corrected chi connectivity index (χ4v) is 1.94. The quantitative estimate of drug-likeness (QED) is 0.893. The molecule has 0 bridgehead atoms. The first-order valence-electron chi connectivity index (χ1n) is 6.07. The van der Waals surface area contributed by atoms with Crippen LogP contribution in [0, 0.1) is 0 Å². The van der Waals surface area contributed by atoms with Crippen LogP contribution in [0.15, 0.2) is 30.5 Å². The van der Waals surface area contributed by atoms with Gasteiger partial charge in [-0.05, 0) is 36.2 Å². The van der Waals surface area contributed by atoms with Crippen molar-refractivity contribution in [3.8, 4) is 11.4 Å². The summed E-state index contributed by atoms with van der Waals surface area (Å²) < 4.78 is 6.95. The molecule has 2 aromatic rings. The summed E-state index contributed by atoms with van der Waals surface area (Å²) in [6, 6.07) is 7.50. The maximum Gasteiger partial charge on any atom is 0.309 e. The number of methoxy groups -OCH3 is 1. The van der Waals surface area contributed by atoms with Gasteiger partial charge in [0.25, 0.3) is 0 Å². The molecule has 0 fully saturated rings. The first-order chi connectivity index (χ1) is 9.13. The Bertz CT molecular complexity index is 590. The summed E-state index contributed by atoms with van der Waals surface area (Å²) in [5.41, 5.74) is 2.53. The van der Waals surface area contributed by atoms with Gasteiger partial charge in [-0.25, -0.2) is 4.68 Å². The Morgan fingerprint density at radius 2 is 2.21 bits per heavy atom. The topological polar surface area (TPSA) is 64.4 Å². The molecule has 100 valence electrons. The summed E-state index contributed by atoms with van der Waals surface area (Å²) in [5, 5.41) is 13.0. The summed E-state index contributed by atoms with van der Waals surface area (Å²) in [6.45, 7) is 2.06. The third-order valence-electron chi connectivity index (χ3n) is 2.89. The van der Waals surface area contributed by atoms with Crippen molar-refractivity contribution in [2.24, 2.45) is 0 Å². The van der Waals surface area contributed by atoms with E-state index in [0.29, 0.717) is 5.69 Å². The van der Waals surface area contributed by atoms with Crippen LogP contribution in [0.1, 0.15) is 18.2 Å². The summed E-state index contributed by atoms with van der Waals surface area (Å²) in [7, 11) is 1.65. The molecule has 1 aromatic carbocycles. The van der Waals surface area contributed by atoms with E-state index in [9.17, 15) is 4.79 Å². The number of aliphatic carboxylic acids is 1. The fraction of sp³-hybridized carbons (Fsp3) is 0.286. The second kappa shape index (κ2) is 5.56.